The van der Waals surface area contributed by atoms with Crippen LogP contribution >= 0.6 is 15.9 Å². The van der Waals surface area contributed by atoms with Crippen molar-refractivity contribution < 1.29 is 19.4 Å². The van der Waals surface area contributed by atoms with Gasteiger partial charge in [-0.3, -0.25) is 9.69 Å². The third-order valence-electron chi connectivity index (χ3n) is 5.24. The molecule has 2 N–H and O–H groups in total. The maximum absolute atomic E-state index is 13.0. The molecule has 0 aliphatic carbocycles. The number of fused-ring (bicyclic) bond motifs is 1. The minimum atomic E-state index is -1.20. The number of aliphatic hydroxyl groups is 1. The Morgan fingerprint density at radius 1 is 1.07 bits per heavy atom. The second-order valence-electron chi connectivity index (χ2n) is 7.42. The molecule has 0 radical (unpaired) electrons. The van der Waals surface area contributed by atoms with Crippen LogP contribution < -0.4 is 10.1 Å². The third kappa shape index (κ3) is 3.78. The van der Waals surface area contributed by atoms with Gasteiger partial charge in [-0.1, -0.05) is 64.5 Å². The minimum absolute atomic E-state index is 0.0405. The van der Waals surface area contributed by atoms with Crippen molar-refractivity contribution in [1.29, 1.82) is 0 Å². The predicted octanol–water partition coefficient (Wildman–Crippen LogP) is 3.81. The summed E-state index contributed by atoms with van der Waals surface area (Å²) in [6.07, 6.45) is -1.02. The lowest BCUT2D eigenvalue weighted by Gasteiger charge is -2.24. The van der Waals surface area contributed by atoms with Gasteiger partial charge in [-0.05, 0) is 35.9 Å². The number of amides is 3. The number of halogens is 1. The first-order valence-corrected chi connectivity index (χ1v) is 10.4. The summed E-state index contributed by atoms with van der Waals surface area (Å²) in [7, 11) is 0. The van der Waals surface area contributed by atoms with E-state index in [0.717, 1.165) is 20.1 Å². The van der Waals surface area contributed by atoms with Gasteiger partial charge in [0.1, 0.15) is 24.0 Å². The van der Waals surface area contributed by atoms with Crippen molar-refractivity contribution in [2.45, 2.75) is 18.6 Å². The lowest BCUT2D eigenvalue weighted by Crippen LogP contribution is -2.43. The number of imide groups is 1. The summed E-state index contributed by atoms with van der Waals surface area (Å²) in [5.41, 5.74) is -0.538. The molecule has 3 aromatic carbocycles. The smallest absolute Gasteiger partial charge is 0.325 e. The molecule has 3 amide bonds. The molecule has 154 valence electrons. The van der Waals surface area contributed by atoms with E-state index < -0.39 is 23.6 Å². The highest BCUT2D eigenvalue weighted by atomic mass is 79.9. The summed E-state index contributed by atoms with van der Waals surface area (Å²) in [5, 5.41) is 15.3. The highest BCUT2D eigenvalue weighted by molar-refractivity contribution is 9.10. The molecule has 2 atom stereocenters. The van der Waals surface area contributed by atoms with Crippen LogP contribution in [0.1, 0.15) is 12.5 Å². The number of nitrogens with one attached hydrogen (secondary N) is 1. The second-order valence-corrected chi connectivity index (χ2v) is 8.28. The molecule has 3 aromatic rings. The number of hydrogen-bond donors (Lipinski definition) is 2. The minimum Gasteiger partial charge on any atom is -0.491 e. The van der Waals surface area contributed by atoms with E-state index in [4.69, 9.17) is 4.74 Å². The topological polar surface area (TPSA) is 78.9 Å². The number of benzene rings is 3. The lowest BCUT2D eigenvalue weighted by molar-refractivity contribution is -0.132. The van der Waals surface area contributed by atoms with Gasteiger partial charge >= 0.3 is 6.03 Å². The Labute approximate surface area is 182 Å². The standard InChI is InChI=1S/C23H21BrN2O4/c1-23(19-8-4-5-9-20(19)24)21(28)26(22(29)25-23)13-17(27)14-30-18-11-10-15-6-2-3-7-16(15)12-18/h2-12,17,27H,13-14H2,1H3,(H,25,29). The number of β-amino-alcohol motifs (C(OH)–C–C–N with tert-alkyl or cyclic N) is 1. The number of urea groups is 1. The van der Waals surface area contributed by atoms with Crippen LogP contribution in [0.2, 0.25) is 0 Å². The Balaban J connectivity index is 1.42. The fourth-order valence-electron chi connectivity index (χ4n) is 3.63. The summed E-state index contributed by atoms with van der Waals surface area (Å²) < 4.78 is 6.41. The lowest BCUT2D eigenvalue weighted by atomic mass is 9.92. The van der Waals surface area contributed by atoms with Crippen molar-refractivity contribution in [3.05, 3.63) is 76.8 Å². The van der Waals surface area contributed by atoms with E-state index >= 15 is 0 Å². The quantitative estimate of drug-likeness (QED) is 0.539. The van der Waals surface area contributed by atoms with E-state index in [9.17, 15) is 14.7 Å². The van der Waals surface area contributed by atoms with E-state index in [-0.39, 0.29) is 13.2 Å². The van der Waals surface area contributed by atoms with Gasteiger partial charge in [0.25, 0.3) is 5.91 Å². The first-order chi connectivity index (χ1) is 14.4. The molecule has 7 heteroatoms. The zero-order chi connectivity index (χ0) is 21.3. The van der Waals surface area contributed by atoms with Gasteiger partial charge in [-0.25, -0.2) is 4.79 Å². The highest BCUT2D eigenvalue weighted by Crippen LogP contribution is 2.33. The molecular formula is C23H21BrN2O4. The van der Waals surface area contributed by atoms with Gasteiger partial charge in [-0.15, -0.1) is 0 Å². The van der Waals surface area contributed by atoms with Gasteiger partial charge in [0.15, 0.2) is 0 Å². The first kappa shape index (κ1) is 20.4. The Kier molecular flexibility index (Phi) is 5.49. The van der Waals surface area contributed by atoms with Gasteiger partial charge in [0, 0.05) is 10.0 Å². The van der Waals surface area contributed by atoms with Crippen LogP contribution in [0.15, 0.2) is 71.2 Å². The highest BCUT2D eigenvalue weighted by Gasteiger charge is 2.50. The van der Waals surface area contributed by atoms with E-state index in [1.807, 2.05) is 54.6 Å². The number of rotatable bonds is 6. The molecule has 1 fully saturated rings. The number of carbonyl (C=O) groups excluding carboxylic acids is 2. The zero-order valence-corrected chi connectivity index (χ0v) is 17.9. The maximum atomic E-state index is 13.0. The summed E-state index contributed by atoms with van der Waals surface area (Å²) in [5.74, 6) is 0.201. The second kappa shape index (κ2) is 8.08. The number of carbonyl (C=O) groups is 2. The molecule has 0 saturated carbocycles. The normalized spacial score (nSPS) is 19.8. The van der Waals surface area contributed by atoms with Gasteiger partial charge in [0.05, 0.1) is 6.54 Å². The van der Waals surface area contributed by atoms with E-state index in [1.54, 1.807) is 19.1 Å². The Hall–Kier alpha value is -2.90. The van der Waals surface area contributed by atoms with Crippen LogP contribution in [0.4, 0.5) is 4.79 Å². The van der Waals surface area contributed by atoms with Gasteiger partial charge < -0.3 is 15.2 Å². The van der Waals surface area contributed by atoms with E-state index in [1.165, 1.54) is 0 Å². The molecule has 0 spiro atoms. The number of nitrogens with zero attached hydrogens (tertiary/aromatic N) is 1. The first-order valence-electron chi connectivity index (χ1n) is 9.57. The molecule has 1 saturated heterocycles. The molecule has 6 nitrogen and oxygen atoms in total. The monoisotopic (exact) mass is 468 g/mol. The van der Waals surface area contributed by atoms with Crippen LogP contribution in [0, 0.1) is 0 Å². The predicted molar refractivity (Wildman–Crippen MR) is 117 cm³/mol. The molecule has 2 unspecified atom stereocenters. The Morgan fingerprint density at radius 3 is 2.53 bits per heavy atom. The van der Waals surface area contributed by atoms with Crippen LogP contribution in [0.3, 0.4) is 0 Å². The fraction of sp³-hybridized carbons (Fsp3) is 0.217. The van der Waals surface area contributed by atoms with Gasteiger partial charge in [-0.2, -0.15) is 0 Å². The summed E-state index contributed by atoms with van der Waals surface area (Å²) in [4.78, 5) is 26.5. The average molecular weight is 469 g/mol. The SMILES string of the molecule is CC1(c2ccccc2Br)NC(=O)N(CC(O)COc2ccc3ccccc3c2)C1=O. The molecule has 1 aliphatic rings. The molecule has 1 aliphatic heterocycles. The summed E-state index contributed by atoms with van der Waals surface area (Å²) in [6.45, 7) is 1.46. The van der Waals surface area contributed by atoms with Crippen molar-refractivity contribution in [3.8, 4) is 5.75 Å². The maximum Gasteiger partial charge on any atom is 0.325 e. The van der Waals surface area contributed by atoms with E-state index in [2.05, 4.69) is 21.2 Å². The molecule has 4 rings (SSSR count). The number of aliphatic hydroxyl groups excluding tert-OH is 1. The summed E-state index contributed by atoms with van der Waals surface area (Å²) >= 11 is 3.44. The van der Waals surface area contributed by atoms with Crippen LogP contribution in [0.25, 0.3) is 10.8 Å². The largest absolute Gasteiger partial charge is 0.491 e. The third-order valence-corrected chi connectivity index (χ3v) is 5.94. The van der Waals surface area contributed by atoms with Crippen LogP contribution in [-0.2, 0) is 10.3 Å². The van der Waals surface area contributed by atoms with Crippen LogP contribution in [-0.4, -0.2) is 41.2 Å². The van der Waals surface area contributed by atoms with Crippen molar-refractivity contribution in [2.24, 2.45) is 0 Å². The van der Waals surface area contributed by atoms with Crippen LogP contribution in [0.5, 0.6) is 5.75 Å². The molecule has 30 heavy (non-hydrogen) atoms. The molecule has 1 heterocycles. The molecular weight excluding hydrogens is 448 g/mol. The fourth-order valence-corrected chi connectivity index (χ4v) is 4.31. The van der Waals surface area contributed by atoms with Crippen molar-refractivity contribution in [1.82, 2.24) is 10.2 Å². The van der Waals surface area contributed by atoms with Crippen molar-refractivity contribution >= 4 is 38.6 Å². The Morgan fingerprint density at radius 2 is 1.77 bits per heavy atom. The molecule has 0 aromatic heterocycles. The number of ether oxygens (including phenoxy) is 1. The van der Waals surface area contributed by atoms with Crippen molar-refractivity contribution in [3.63, 3.8) is 0 Å². The number of hydrogen-bond acceptors (Lipinski definition) is 4. The average Bonchev–Trinajstić information content (AvgIpc) is 2.96. The molecule has 0 bridgehead atoms. The van der Waals surface area contributed by atoms with E-state index in [0.29, 0.717) is 11.3 Å². The Bertz CT molecular complexity index is 1120. The summed E-state index contributed by atoms with van der Waals surface area (Å²) in [6, 6.07) is 20.3. The van der Waals surface area contributed by atoms with Gasteiger partial charge in [0.2, 0.25) is 0 Å². The van der Waals surface area contributed by atoms with Crippen molar-refractivity contribution in [2.75, 3.05) is 13.2 Å². The zero-order valence-electron chi connectivity index (χ0n) is 16.3.